The van der Waals surface area contributed by atoms with Crippen LogP contribution in [-0.4, -0.2) is 54.9 Å². The minimum atomic E-state index is -2.32. The fourth-order valence-corrected chi connectivity index (χ4v) is 4.41. The van der Waals surface area contributed by atoms with Crippen molar-refractivity contribution in [2.45, 2.75) is 39.0 Å². The first-order chi connectivity index (χ1) is 14.9. The third-order valence-corrected chi connectivity index (χ3v) is 5.95. The number of aryl methyl sites for hydroxylation is 2. The normalized spacial score (nSPS) is 16.2. The van der Waals surface area contributed by atoms with Crippen LogP contribution in [0.25, 0.3) is 22.6 Å². The third kappa shape index (κ3) is 3.78. The Labute approximate surface area is 177 Å². The SMILES string of the molecule is Cc1cn2nc(-c3cc(F)c4nc(C5CCN(CC(F)F)CC5)cn4c3)cc(C)c2n1. The minimum Gasteiger partial charge on any atom is -0.304 e. The van der Waals surface area contributed by atoms with Gasteiger partial charge in [-0.1, -0.05) is 0 Å². The van der Waals surface area contributed by atoms with Crippen molar-refractivity contribution in [2.75, 3.05) is 19.6 Å². The fourth-order valence-electron chi connectivity index (χ4n) is 4.41. The summed E-state index contributed by atoms with van der Waals surface area (Å²) in [6, 6.07) is 3.35. The summed E-state index contributed by atoms with van der Waals surface area (Å²) in [6.45, 7) is 4.87. The van der Waals surface area contributed by atoms with Crippen molar-refractivity contribution < 1.29 is 13.2 Å². The van der Waals surface area contributed by atoms with Crippen molar-refractivity contribution >= 4 is 11.3 Å². The van der Waals surface area contributed by atoms with Gasteiger partial charge < -0.3 is 4.40 Å². The number of halogens is 3. The summed E-state index contributed by atoms with van der Waals surface area (Å²) < 4.78 is 43.5. The summed E-state index contributed by atoms with van der Waals surface area (Å²) in [5.74, 6) is -0.275. The summed E-state index contributed by atoms with van der Waals surface area (Å²) in [4.78, 5) is 10.7. The van der Waals surface area contributed by atoms with Crippen LogP contribution in [0, 0.1) is 19.7 Å². The van der Waals surface area contributed by atoms with Crippen molar-refractivity contribution in [3.63, 3.8) is 0 Å². The number of likely N-dealkylation sites (tertiary alicyclic amines) is 1. The molecule has 5 rings (SSSR count). The summed E-state index contributed by atoms with van der Waals surface area (Å²) in [5.41, 5.74) is 4.98. The number of piperidine rings is 1. The Balaban J connectivity index is 1.45. The molecule has 162 valence electrons. The van der Waals surface area contributed by atoms with Crippen molar-refractivity contribution in [2.24, 2.45) is 0 Å². The zero-order chi connectivity index (χ0) is 21.7. The molecule has 9 heteroatoms. The zero-order valence-corrected chi connectivity index (χ0v) is 17.4. The average Bonchev–Trinajstić information content (AvgIpc) is 3.31. The number of nitrogens with zero attached hydrogens (tertiary/aromatic N) is 6. The summed E-state index contributed by atoms with van der Waals surface area (Å²) >= 11 is 0. The lowest BCUT2D eigenvalue weighted by Gasteiger charge is -2.30. The third-order valence-electron chi connectivity index (χ3n) is 5.95. The van der Waals surface area contributed by atoms with Crippen LogP contribution < -0.4 is 0 Å². The van der Waals surface area contributed by atoms with Gasteiger partial charge in [0.15, 0.2) is 17.1 Å². The van der Waals surface area contributed by atoms with Gasteiger partial charge in [-0.05, 0) is 57.5 Å². The van der Waals surface area contributed by atoms with E-state index in [0.29, 0.717) is 24.3 Å². The van der Waals surface area contributed by atoms with Gasteiger partial charge in [0, 0.05) is 23.9 Å². The van der Waals surface area contributed by atoms with Gasteiger partial charge in [0.25, 0.3) is 6.43 Å². The van der Waals surface area contributed by atoms with E-state index in [1.807, 2.05) is 38.5 Å². The molecule has 0 unspecified atom stereocenters. The topological polar surface area (TPSA) is 50.7 Å². The molecule has 1 fully saturated rings. The van der Waals surface area contributed by atoms with Gasteiger partial charge in [-0.15, -0.1) is 0 Å². The number of rotatable bonds is 4. The Morgan fingerprint density at radius 3 is 2.55 bits per heavy atom. The van der Waals surface area contributed by atoms with Gasteiger partial charge in [-0.2, -0.15) is 5.10 Å². The first-order valence-electron chi connectivity index (χ1n) is 10.4. The van der Waals surface area contributed by atoms with E-state index >= 15 is 0 Å². The van der Waals surface area contributed by atoms with Crippen LogP contribution in [-0.2, 0) is 0 Å². The Morgan fingerprint density at radius 2 is 1.81 bits per heavy atom. The molecule has 1 saturated heterocycles. The highest BCUT2D eigenvalue weighted by Gasteiger charge is 2.25. The number of imidazole rings is 2. The molecule has 0 N–H and O–H groups in total. The molecule has 31 heavy (non-hydrogen) atoms. The Morgan fingerprint density at radius 1 is 1.03 bits per heavy atom. The molecule has 4 aromatic heterocycles. The van der Waals surface area contributed by atoms with E-state index in [0.717, 1.165) is 35.4 Å². The maximum Gasteiger partial charge on any atom is 0.251 e. The highest BCUT2D eigenvalue weighted by molar-refractivity contribution is 5.64. The van der Waals surface area contributed by atoms with Crippen LogP contribution in [0.15, 0.2) is 30.7 Å². The molecule has 0 aliphatic carbocycles. The van der Waals surface area contributed by atoms with E-state index in [1.165, 1.54) is 6.07 Å². The second kappa shape index (κ2) is 7.64. The van der Waals surface area contributed by atoms with Gasteiger partial charge in [-0.3, -0.25) is 4.90 Å². The van der Waals surface area contributed by atoms with Crippen LogP contribution >= 0.6 is 0 Å². The van der Waals surface area contributed by atoms with Crippen molar-refractivity contribution in [3.05, 3.63) is 53.5 Å². The van der Waals surface area contributed by atoms with E-state index in [2.05, 4.69) is 15.1 Å². The van der Waals surface area contributed by atoms with Crippen molar-refractivity contribution in [3.8, 4) is 11.3 Å². The van der Waals surface area contributed by atoms with Gasteiger partial charge >= 0.3 is 0 Å². The Bertz CT molecular complexity index is 1250. The molecule has 0 amide bonds. The van der Waals surface area contributed by atoms with Crippen molar-refractivity contribution in [1.82, 2.24) is 28.9 Å². The highest BCUT2D eigenvalue weighted by atomic mass is 19.3. The van der Waals surface area contributed by atoms with Gasteiger partial charge in [-0.25, -0.2) is 27.7 Å². The standard InChI is InChI=1S/C22H23F3N6/c1-13-7-18(28-31-9-14(2)26-21(13)31)16-8-17(23)22-27-19(11-30(22)10-16)15-3-5-29(6-4-15)12-20(24)25/h7-11,15,20H,3-6,12H2,1-2H3. The van der Waals surface area contributed by atoms with Gasteiger partial charge in [0.05, 0.1) is 29.8 Å². The van der Waals surface area contributed by atoms with Crippen LogP contribution in [0.3, 0.4) is 0 Å². The van der Waals surface area contributed by atoms with Crippen LogP contribution in [0.5, 0.6) is 0 Å². The van der Waals surface area contributed by atoms with E-state index < -0.39 is 12.2 Å². The monoisotopic (exact) mass is 428 g/mol. The number of aromatic nitrogens is 5. The lowest BCUT2D eigenvalue weighted by molar-refractivity contribution is 0.0752. The first kappa shape index (κ1) is 20.0. The maximum atomic E-state index is 14.9. The zero-order valence-electron chi connectivity index (χ0n) is 17.4. The number of fused-ring (bicyclic) bond motifs is 2. The molecule has 1 aliphatic heterocycles. The highest BCUT2D eigenvalue weighted by Crippen LogP contribution is 2.30. The lowest BCUT2D eigenvalue weighted by atomic mass is 9.94. The van der Waals surface area contributed by atoms with Crippen LogP contribution in [0.1, 0.15) is 35.7 Å². The minimum absolute atomic E-state index is 0.141. The number of alkyl halides is 2. The molecule has 1 aliphatic rings. The molecule has 0 spiro atoms. The maximum absolute atomic E-state index is 14.9. The molecule has 5 heterocycles. The van der Waals surface area contributed by atoms with E-state index in [9.17, 15) is 13.2 Å². The molecule has 0 saturated carbocycles. The molecule has 4 aromatic rings. The van der Waals surface area contributed by atoms with E-state index in [1.54, 1.807) is 13.8 Å². The Kier molecular flexibility index (Phi) is 4.92. The molecule has 0 radical (unpaired) electrons. The van der Waals surface area contributed by atoms with Crippen molar-refractivity contribution in [1.29, 1.82) is 0 Å². The molecule has 6 nitrogen and oxygen atoms in total. The molecular weight excluding hydrogens is 405 g/mol. The van der Waals surface area contributed by atoms with Crippen LogP contribution in [0.2, 0.25) is 0 Å². The summed E-state index contributed by atoms with van der Waals surface area (Å²) in [7, 11) is 0. The lowest BCUT2D eigenvalue weighted by Crippen LogP contribution is -2.36. The summed E-state index contributed by atoms with van der Waals surface area (Å²) in [5, 5.41) is 4.59. The molecular formula is C22H23F3N6. The predicted molar refractivity (Wildman–Crippen MR) is 111 cm³/mol. The molecule has 0 bridgehead atoms. The first-order valence-corrected chi connectivity index (χ1v) is 10.4. The number of hydrogen-bond acceptors (Lipinski definition) is 4. The molecule has 0 aromatic carbocycles. The average molecular weight is 428 g/mol. The number of pyridine rings is 1. The molecule has 0 atom stereocenters. The fraction of sp³-hybridized carbons (Fsp3) is 0.409. The second-order valence-corrected chi connectivity index (χ2v) is 8.30. The van der Waals surface area contributed by atoms with Crippen LogP contribution in [0.4, 0.5) is 13.2 Å². The van der Waals surface area contributed by atoms with Gasteiger partial charge in [0.1, 0.15) is 0 Å². The predicted octanol–water partition coefficient (Wildman–Crippen LogP) is 4.24. The Hall–Kier alpha value is -2.94. The van der Waals surface area contributed by atoms with Gasteiger partial charge in [0.2, 0.25) is 0 Å². The largest absolute Gasteiger partial charge is 0.304 e. The quantitative estimate of drug-likeness (QED) is 0.488. The second-order valence-electron chi connectivity index (χ2n) is 8.30. The smallest absolute Gasteiger partial charge is 0.251 e. The van der Waals surface area contributed by atoms with E-state index in [-0.39, 0.29) is 18.1 Å². The number of hydrogen-bond donors (Lipinski definition) is 0. The van der Waals surface area contributed by atoms with E-state index in [4.69, 9.17) is 0 Å². The summed E-state index contributed by atoms with van der Waals surface area (Å²) in [6.07, 6.45) is 4.68.